The number of aliphatic hydroxyl groups is 1. The molecule has 0 spiro atoms. The zero-order chi connectivity index (χ0) is 12.9. The standard InChI is InChI=1S/C14H20Cl2O/c1-3-8-14(17,9-4-2)10-11-6-5-7-12(15)13(11)16/h5-7,17H,3-4,8-10H2,1-2H3. The molecule has 1 rings (SSSR count). The zero-order valence-corrected chi connectivity index (χ0v) is 12.0. The second kappa shape index (κ2) is 6.63. The zero-order valence-electron chi connectivity index (χ0n) is 10.5. The monoisotopic (exact) mass is 274 g/mol. The Bertz CT molecular complexity index is 357. The predicted octanol–water partition coefficient (Wildman–Crippen LogP) is 4.87. The van der Waals surface area contributed by atoms with Crippen molar-refractivity contribution in [3.05, 3.63) is 33.8 Å². The van der Waals surface area contributed by atoms with Gasteiger partial charge in [-0.2, -0.15) is 0 Å². The molecule has 0 aliphatic heterocycles. The van der Waals surface area contributed by atoms with E-state index in [2.05, 4.69) is 13.8 Å². The van der Waals surface area contributed by atoms with Crippen LogP contribution < -0.4 is 0 Å². The Balaban J connectivity index is 2.89. The summed E-state index contributed by atoms with van der Waals surface area (Å²) in [5, 5.41) is 11.7. The van der Waals surface area contributed by atoms with Crippen molar-refractivity contribution < 1.29 is 5.11 Å². The first kappa shape index (κ1) is 14.8. The Hall–Kier alpha value is -0.240. The van der Waals surface area contributed by atoms with E-state index in [0.717, 1.165) is 31.2 Å². The van der Waals surface area contributed by atoms with Crippen LogP contribution in [0.2, 0.25) is 10.0 Å². The van der Waals surface area contributed by atoms with Gasteiger partial charge in [0.15, 0.2) is 0 Å². The van der Waals surface area contributed by atoms with Crippen molar-refractivity contribution in [2.75, 3.05) is 0 Å². The number of halogens is 2. The molecule has 0 aromatic heterocycles. The van der Waals surface area contributed by atoms with Crippen molar-refractivity contribution in [1.82, 2.24) is 0 Å². The maximum atomic E-state index is 10.6. The number of hydrogen-bond acceptors (Lipinski definition) is 1. The molecule has 0 heterocycles. The van der Waals surface area contributed by atoms with Gasteiger partial charge in [0.2, 0.25) is 0 Å². The second-order valence-corrected chi connectivity index (χ2v) is 5.40. The fraction of sp³-hybridized carbons (Fsp3) is 0.571. The summed E-state index contributed by atoms with van der Waals surface area (Å²) >= 11 is 12.1. The van der Waals surface area contributed by atoms with Gasteiger partial charge in [0.1, 0.15) is 0 Å². The quantitative estimate of drug-likeness (QED) is 0.785. The summed E-state index contributed by atoms with van der Waals surface area (Å²) in [6.45, 7) is 4.17. The van der Waals surface area contributed by atoms with Gasteiger partial charge in [0.05, 0.1) is 15.6 Å². The van der Waals surface area contributed by atoms with Crippen LogP contribution in [0.25, 0.3) is 0 Å². The molecule has 0 fully saturated rings. The normalized spacial score (nSPS) is 11.8. The Morgan fingerprint density at radius 1 is 1.12 bits per heavy atom. The van der Waals surface area contributed by atoms with Gasteiger partial charge in [-0.25, -0.2) is 0 Å². The first-order valence-electron chi connectivity index (χ1n) is 6.17. The Morgan fingerprint density at radius 2 is 1.71 bits per heavy atom. The SMILES string of the molecule is CCCC(O)(CCC)Cc1cccc(Cl)c1Cl. The second-order valence-electron chi connectivity index (χ2n) is 4.61. The van der Waals surface area contributed by atoms with Crippen LogP contribution in [0.4, 0.5) is 0 Å². The molecule has 0 saturated heterocycles. The minimum Gasteiger partial charge on any atom is -0.390 e. The van der Waals surface area contributed by atoms with Crippen molar-refractivity contribution >= 4 is 23.2 Å². The highest BCUT2D eigenvalue weighted by Gasteiger charge is 2.26. The molecule has 0 aliphatic rings. The number of benzene rings is 1. The lowest BCUT2D eigenvalue weighted by Crippen LogP contribution is -2.31. The third-order valence-corrected chi connectivity index (χ3v) is 3.84. The maximum absolute atomic E-state index is 10.6. The van der Waals surface area contributed by atoms with E-state index < -0.39 is 5.60 Å². The van der Waals surface area contributed by atoms with Crippen molar-refractivity contribution in [2.45, 2.75) is 51.6 Å². The smallest absolute Gasteiger partial charge is 0.0688 e. The van der Waals surface area contributed by atoms with Crippen LogP contribution in [0.3, 0.4) is 0 Å². The lowest BCUT2D eigenvalue weighted by atomic mass is 9.86. The average molecular weight is 275 g/mol. The van der Waals surface area contributed by atoms with E-state index in [1.165, 1.54) is 0 Å². The molecule has 0 aliphatic carbocycles. The molecule has 1 aromatic carbocycles. The summed E-state index contributed by atoms with van der Waals surface area (Å²) < 4.78 is 0. The summed E-state index contributed by atoms with van der Waals surface area (Å²) in [7, 11) is 0. The minimum absolute atomic E-state index is 0.555. The van der Waals surface area contributed by atoms with Crippen molar-refractivity contribution in [3.63, 3.8) is 0 Å². The molecule has 0 bridgehead atoms. The van der Waals surface area contributed by atoms with Crippen LogP contribution in [-0.2, 0) is 6.42 Å². The molecule has 0 unspecified atom stereocenters. The molecule has 1 N–H and O–H groups in total. The highest BCUT2D eigenvalue weighted by molar-refractivity contribution is 6.42. The van der Waals surface area contributed by atoms with Gasteiger partial charge in [-0.05, 0) is 24.5 Å². The maximum Gasteiger partial charge on any atom is 0.0688 e. The molecule has 0 saturated carbocycles. The van der Waals surface area contributed by atoms with E-state index >= 15 is 0 Å². The van der Waals surface area contributed by atoms with E-state index in [9.17, 15) is 5.11 Å². The van der Waals surface area contributed by atoms with Crippen molar-refractivity contribution in [1.29, 1.82) is 0 Å². The van der Waals surface area contributed by atoms with Crippen molar-refractivity contribution in [3.8, 4) is 0 Å². The fourth-order valence-electron chi connectivity index (χ4n) is 2.27. The molecule has 1 nitrogen and oxygen atoms in total. The van der Waals surface area contributed by atoms with Crippen LogP contribution in [-0.4, -0.2) is 10.7 Å². The van der Waals surface area contributed by atoms with Crippen LogP contribution in [0, 0.1) is 0 Å². The molecule has 0 atom stereocenters. The van der Waals surface area contributed by atoms with Crippen molar-refractivity contribution in [2.24, 2.45) is 0 Å². The highest BCUT2D eigenvalue weighted by Crippen LogP contribution is 2.31. The first-order chi connectivity index (χ1) is 8.02. The summed E-state index contributed by atoms with van der Waals surface area (Å²) in [6, 6.07) is 5.58. The Labute approximate surface area is 114 Å². The lowest BCUT2D eigenvalue weighted by molar-refractivity contribution is 0.0216. The summed E-state index contributed by atoms with van der Waals surface area (Å²) in [4.78, 5) is 0. The van der Waals surface area contributed by atoms with Gasteiger partial charge < -0.3 is 5.11 Å². The fourth-order valence-corrected chi connectivity index (χ4v) is 2.66. The Kier molecular flexibility index (Phi) is 5.78. The van der Waals surface area contributed by atoms with Crippen LogP contribution in [0.1, 0.15) is 45.1 Å². The van der Waals surface area contributed by atoms with Gasteiger partial charge in [0.25, 0.3) is 0 Å². The topological polar surface area (TPSA) is 20.2 Å². The molecule has 17 heavy (non-hydrogen) atoms. The highest BCUT2D eigenvalue weighted by atomic mass is 35.5. The summed E-state index contributed by atoms with van der Waals surface area (Å²) in [5.41, 5.74) is 0.279. The third-order valence-electron chi connectivity index (χ3n) is 2.98. The van der Waals surface area contributed by atoms with E-state index in [-0.39, 0.29) is 0 Å². The van der Waals surface area contributed by atoms with Gasteiger partial charge >= 0.3 is 0 Å². The minimum atomic E-state index is -0.655. The van der Waals surface area contributed by atoms with E-state index in [1.807, 2.05) is 12.1 Å². The van der Waals surface area contributed by atoms with E-state index in [0.29, 0.717) is 16.5 Å². The molecule has 3 heteroatoms. The average Bonchev–Trinajstić information content (AvgIpc) is 2.25. The predicted molar refractivity (Wildman–Crippen MR) is 74.9 cm³/mol. The van der Waals surface area contributed by atoms with Crippen LogP contribution in [0.5, 0.6) is 0 Å². The number of rotatable bonds is 6. The first-order valence-corrected chi connectivity index (χ1v) is 6.93. The summed E-state index contributed by atoms with van der Waals surface area (Å²) in [6.07, 6.45) is 4.10. The molecular formula is C14H20Cl2O. The van der Waals surface area contributed by atoms with Gasteiger partial charge in [-0.15, -0.1) is 0 Å². The van der Waals surface area contributed by atoms with Crippen LogP contribution in [0.15, 0.2) is 18.2 Å². The van der Waals surface area contributed by atoms with Gasteiger partial charge in [-0.3, -0.25) is 0 Å². The van der Waals surface area contributed by atoms with Gasteiger partial charge in [0, 0.05) is 6.42 Å². The molecule has 1 aromatic rings. The molecule has 96 valence electrons. The molecule has 0 amide bonds. The molecular weight excluding hydrogens is 255 g/mol. The Morgan fingerprint density at radius 3 is 2.24 bits per heavy atom. The van der Waals surface area contributed by atoms with E-state index in [4.69, 9.17) is 23.2 Å². The lowest BCUT2D eigenvalue weighted by Gasteiger charge is -2.28. The van der Waals surface area contributed by atoms with Crippen LogP contribution >= 0.6 is 23.2 Å². The third kappa shape index (κ3) is 4.17. The number of hydrogen-bond donors (Lipinski definition) is 1. The molecule has 0 radical (unpaired) electrons. The largest absolute Gasteiger partial charge is 0.390 e. The van der Waals surface area contributed by atoms with Gasteiger partial charge in [-0.1, -0.05) is 62.0 Å². The van der Waals surface area contributed by atoms with E-state index in [1.54, 1.807) is 6.07 Å². The summed E-state index contributed by atoms with van der Waals surface area (Å²) in [5.74, 6) is 0.